The number of benzene rings is 1. The van der Waals surface area contributed by atoms with Crippen molar-refractivity contribution in [3.05, 3.63) is 60.2 Å². The van der Waals surface area contributed by atoms with E-state index in [1.807, 2.05) is 16.7 Å². The minimum absolute atomic E-state index is 0.264. The highest BCUT2D eigenvalue weighted by molar-refractivity contribution is 5.92. The Hall–Kier alpha value is -2.69. The lowest BCUT2D eigenvalue weighted by Gasteiger charge is -2.04. The molecule has 0 aliphatic rings. The van der Waals surface area contributed by atoms with E-state index in [0.717, 1.165) is 16.6 Å². The highest BCUT2D eigenvalue weighted by Gasteiger charge is 2.08. The van der Waals surface area contributed by atoms with E-state index in [1.54, 1.807) is 36.9 Å². The minimum atomic E-state index is -0.934. The number of nitrogens with zero attached hydrogens (tertiary/aromatic N) is 3. The third-order valence-electron chi connectivity index (χ3n) is 2.94. The monoisotopic (exact) mass is 253 g/mol. The molecule has 0 atom stereocenters. The maximum atomic E-state index is 11.0. The molecule has 0 bridgehead atoms. The van der Waals surface area contributed by atoms with Gasteiger partial charge >= 0.3 is 5.97 Å². The van der Waals surface area contributed by atoms with Crippen molar-refractivity contribution in [1.29, 1.82) is 0 Å². The number of pyridine rings is 1. The second-order valence-corrected chi connectivity index (χ2v) is 4.24. The molecule has 0 radical (unpaired) electrons. The number of rotatable bonds is 3. The molecule has 94 valence electrons. The Labute approximate surface area is 109 Å². The van der Waals surface area contributed by atoms with Gasteiger partial charge in [-0.1, -0.05) is 6.07 Å². The van der Waals surface area contributed by atoms with Crippen LogP contribution in [0.15, 0.2) is 49.1 Å². The summed E-state index contributed by atoms with van der Waals surface area (Å²) in [6.07, 6.45) is 5.22. The van der Waals surface area contributed by atoms with Gasteiger partial charge in [0.2, 0.25) is 0 Å². The van der Waals surface area contributed by atoms with E-state index in [4.69, 9.17) is 5.11 Å². The number of aromatic nitrogens is 3. The number of hydrogen-bond acceptors (Lipinski definition) is 3. The van der Waals surface area contributed by atoms with E-state index in [0.29, 0.717) is 6.54 Å². The molecule has 0 saturated carbocycles. The van der Waals surface area contributed by atoms with Crippen LogP contribution in [0.2, 0.25) is 0 Å². The highest BCUT2D eigenvalue weighted by atomic mass is 16.4. The summed E-state index contributed by atoms with van der Waals surface area (Å²) in [5.74, 6) is -0.934. The number of aromatic carboxylic acids is 1. The fourth-order valence-electron chi connectivity index (χ4n) is 2.00. The SMILES string of the molecule is O=C(O)c1ccc2ncn(Cc3cccnc3)c2c1. The van der Waals surface area contributed by atoms with Gasteiger partial charge in [0.15, 0.2) is 0 Å². The summed E-state index contributed by atoms with van der Waals surface area (Å²) in [6, 6.07) is 8.77. The predicted molar refractivity (Wildman–Crippen MR) is 70.0 cm³/mol. The topological polar surface area (TPSA) is 68.0 Å². The Balaban J connectivity index is 2.04. The molecule has 3 aromatic rings. The summed E-state index contributed by atoms with van der Waals surface area (Å²) in [6.45, 7) is 0.618. The van der Waals surface area contributed by atoms with Gasteiger partial charge in [-0.05, 0) is 29.8 Å². The standard InChI is InChI=1S/C14H11N3O2/c18-14(19)11-3-4-12-13(6-11)17(9-16-12)8-10-2-1-5-15-7-10/h1-7,9H,8H2,(H,18,19). The number of carboxylic acid groups (broad SMARTS) is 1. The first-order valence-electron chi connectivity index (χ1n) is 5.81. The highest BCUT2D eigenvalue weighted by Crippen LogP contribution is 2.16. The molecule has 3 rings (SSSR count). The van der Waals surface area contributed by atoms with Crippen LogP contribution in [0.5, 0.6) is 0 Å². The van der Waals surface area contributed by atoms with Crippen LogP contribution < -0.4 is 0 Å². The normalized spacial score (nSPS) is 10.7. The van der Waals surface area contributed by atoms with E-state index in [1.165, 1.54) is 0 Å². The lowest BCUT2D eigenvalue weighted by molar-refractivity contribution is 0.0697. The first-order chi connectivity index (χ1) is 9.24. The van der Waals surface area contributed by atoms with Crippen LogP contribution in [-0.2, 0) is 6.54 Å². The number of imidazole rings is 1. The molecule has 19 heavy (non-hydrogen) atoms. The number of fused-ring (bicyclic) bond motifs is 1. The van der Waals surface area contributed by atoms with Gasteiger partial charge in [0.05, 0.1) is 29.5 Å². The summed E-state index contributed by atoms with van der Waals surface area (Å²) in [5, 5.41) is 9.02. The van der Waals surface area contributed by atoms with Crippen molar-refractivity contribution in [1.82, 2.24) is 14.5 Å². The van der Waals surface area contributed by atoms with Gasteiger partial charge in [-0.2, -0.15) is 0 Å². The predicted octanol–water partition coefficient (Wildman–Crippen LogP) is 2.18. The molecular formula is C14H11N3O2. The molecule has 0 amide bonds. The second-order valence-electron chi connectivity index (χ2n) is 4.24. The maximum Gasteiger partial charge on any atom is 0.335 e. The molecule has 5 nitrogen and oxygen atoms in total. The van der Waals surface area contributed by atoms with Gasteiger partial charge in [-0.25, -0.2) is 9.78 Å². The zero-order chi connectivity index (χ0) is 13.2. The molecule has 5 heteroatoms. The summed E-state index contributed by atoms with van der Waals surface area (Å²) < 4.78 is 1.92. The van der Waals surface area contributed by atoms with Crippen LogP contribution in [0, 0.1) is 0 Å². The average Bonchev–Trinajstić information content (AvgIpc) is 2.82. The molecule has 2 heterocycles. The Morgan fingerprint density at radius 2 is 2.21 bits per heavy atom. The summed E-state index contributed by atoms with van der Waals surface area (Å²) in [7, 11) is 0. The van der Waals surface area contributed by atoms with Gasteiger partial charge in [0.1, 0.15) is 0 Å². The first kappa shape index (κ1) is 11.4. The summed E-state index contributed by atoms with van der Waals surface area (Å²) in [4.78, 5) is 19.3. The van der Waals surface area contributed by atoms with Crippen molar-refractivity contribution in [2.75, 3.05) is 0 Å². The van der Waals surface area contributed by atoms with Crippen LogP contribution in [-0.4, -0.2) is 25.6 Å². The number of carboxylic acids is 1. The lowest BCUT2D eigenvalue weighted by Crippen LogP contribution is -2.00. The average molecular weight is 253 g/mol. The van der Waals surface area contributed by atoms with Crippen LogP contribution in [0.25, 0.3) is 11.0 Å². The van der Waals surface area contributed by atoms with Crippen molar-refractivity contribution in [3.8, 4) is 0 Å². The van der Waals surface area contributed by atoms with Crippen LogP contribution in [0.4, 0.5) is 0 Å². The van der Waals surface area contributed by atoms with Crippen molar-refractivity contribution >= 4 is 17.0 Å². The molecular weight excluding hydrogens is 242 g/mol. The third kappa shape index (κ3) is 2.18. The molecule has 2 aromatic heterocycles. The third-order valence-corrected chi connectivity index (χ3v) is 2.94. The molecule has 0 fully saturated rings. The fraction of sp³-hybridized carbons (Fsp3) is 0.0714. The molecule has 0 unspecified atom stereocenters. The van der Waals surface area contributed by atoms with Gasteiger partial charge in [-0.15, -0.1) is 0 Å². The minimum Gasteiger partial charge on any atom is -0.478 e. The number of hydrogen-bond donors (Lipinski definition) is 1. The number of carbonyl (C=O) groups is 1. The summed E-state index contributed by atoms with van der Waals surface area (Å²) in [5.41, 5.74) is 2.90. The zero-order valence-electron chi connectivity index (χ0n) is 10.0. The Morgan fingerprint density at radius 1 is 1.32 bits per heavy atom. The smallest absolute Gasteiger partial charge is 0.335 e. The van der Waals surface area contributed by atoms with Crippen LogP contribution >= 0.6 is 0 Å². The summed E-state index contributed by atoms with van der Waals surface area (Å²) >= 11 is 0. The Kier molecular flexibility index (Phi) is 2.72. The van der Waals surface area contributed by atoms with Crippen molar-refractivity contribution in [2.45, 2.75) is 6.54 Å². The Morgan fingerprint density at radius 3 is 2.95 bits per heavy atom. The van der Waals surface area contributed by atoms with E-state index in [-0.39, 0.29) is 5.56 Å². The van der Waals surface area contributed by atoms with Crippen molar-refractivity contribution in [2.24, 2.45) is 0 Å². The quantitative estimate of drug-likeness (QED) is 0.776. The molecule has 0 saturated heterocycles. The van der Waals surface area contributed by atoms with E-state index < -0.39 is 5.97 Å². The van der Waals surface area contributed by atoms with Gasteiger partial charge in [0.25, 0.3) is 0 Å². The van der Waals surface area contributed by atoms with E-state index in [2.05, 4.69) is 9.97 Å². The fourth-order valence-corrected chi connectivity index (χ4v) is 2.00. The van der Waals surface area contributed by atoms with Gasteiger partial charge in [0, 0.05) is 12.4 Å². The second kappa shape index (κ2) is 4.53. The van der Waals surface area contributed by atoms with E-state index >= 15 is 0 Å². The molecule has 0 aliphatic heterocycles. The van der Waals surface area contributed by atoms with Crippen molar-refractivity contribution < 1.29 is 9.90 Å². The molecule has 0 aliphatic carbocycles. The zero-order valence-corrected chi connectivity index (χ0v) is 10.0. The maximum absolute atomic E-state index is 11.0. The van der Waals surface area contributed by atoms with Crippen molar-refractivity contribution in [3.63, 3.8) is 0 Å². The molecule has 1 aromatic carbocycles. The largest absolute Gasteiger partial charge is 0.478 e. The Bertz CT molecular complexity index is 735. The van der Waals surface area contributed by atoms with Crippen LogP contribution in [0.1, 0.15) is 15.9 Å². The van der Waals surface area contributed by atoms with Gasteiger partial charge in [-0.3, -0.25) is 4.98 Å². The van der Waals surface area contributed by atoms with Crippen LogP contribution in [0.3, 0.4) is 0 Å². The van der Waals surface area contributed by atoms with Gasteiger partial charge < -0.3 is 9.67 Å². The van der Waals surface area contributed by atoms with E-state index in [9.17, 15) is 4.79 Å². The molecule has 0 spiro atoms. The lowest BCUT2D eigenvalue weighted by atomic mass is 10.2. The first-order valence-corrected chi connectivity index (χ1v) is 5.81. The molecule has 1 N–H and O–H groups in total.